The third-order valence-electron chi connectivity index (χ3n) is 4.99. The van der Waals surface area contributed by atoms with E-state index in [-0.39, 0.29) is 23.9 Å². The molecule has 2 aromatic rings. The van der Waals surface area contributed by atoms with Crippen molar-refractivity contribution in [1.82, 2.24) is 19.2 Å². The molecule has 11 nitrogen and oxygen atoms in total. The van der Waals surface area contributed by atoms with Gasteiger partial charge in [-0.15, -0.1) is 0 Å². The normalized spacial score (nSPS) is 16.2. The standard InChI is InChI=1S/C24H33N7O4S/c1-15-11-19(36-29-15)28-20-17(12-25)26-13-18(27-20)31(22(33)35-24(5,6)7)16-9-8-10-30(14-16)21(32)34-23(2,3)4/h11,13,16H,8-10,14H2,1-7H3,(H,27,28)/t16-/m1/s1. The largest absolute Gasteiger partial charge is 0.444 e. The average Bonchev–Trinajstić information content (AvgIpc) is 3.16. The highest BCUT2D eigenvalue weighted by molar-refractivity contribution is 7.10. The first-order valence-corrected chi connectivity index (χ1v) is 12.5. The molecule has 2 amide bonds. The third-order valence-corrected chi connectivity index (χ3v) is 5.78. The fourth-order valence-corrected chi connectivity index (χ4v) is 4.26. The first-order valence-electron chi connectivity index (χ1n) is 11.7. The van der Waals surface area contributed by atoms with Crippen LogP contribution in [-0.2, 0) is 9.47 Å². The summed E-state index contributed by atoms with van der Waals surface area (Å²) in [5, 5.41) is 13.3. The van der Waals surface area contributed by atoms with Gasteiger partial charge in [-0.05, 0) is 78.9 Å². The Kier molecular flexibility index (Phi) is 8.03. The molecular weight excluding hydrogens is 482 g/mol. The zero-order valence-electron chi connectivity index (χ0n) is 21.8. The molecule has 0 unspecified atom stereocenters. The Balaban J connectivity index is 1.96. The van der Waals surface area contributed by atoms with Gasteiger partial charge >= 0.3 is 12.2 Å². The van der Waals surface area contributed by atoms with Gasteiger partial charge in [-0.1, -0.05) is 0 Å². The molecule has 0 spiro atoms. The summed E-state index contributed by atoms with van der Waals surface area (Å²) < 4.78 is 15.5. The Labute approximate surface area is 215 Å². The van der Waals surface area contributed by atoms with E-state index in [0.29, 0.717) is 24.4 Å². The highest BCUT2D eigenvalue weighted by Gasteiger charge is 2.36. The fraction of sp³-hybridized carbons (Fsp3) is 0.583. The topological polar surface area (TPSA) is 134 Å². The predicted octanol–water partition coefficient (Wildman–Crippen LogP) is 5.00. The number of ether oxygens (including phenoxy) is 2. The molecule has 12 heteroatoms. The lowest BCUT2D eigenvalue weighted by atomic mass is 10.0. The molecule has 36 heavy (non-hydrogen) atoms. The Morgan fingerprint density at radius 3 is 2.50 bits per heavy atom. The van der Waals surface area contributed by atoms with Crippen LogP contribution in [0, 0.1) is 18.3 Å². The number of likely N-dealkylation sites (tertiary alicyclic amines) is 1. The van der Waals surface area contributed by atoms with Gasteiger partial charge in [0.2, 0.25) is 0 Å². The summed E-state index contributed by atoms with van der Waals surface area (Å²) in [5.41, 5.74) is -0.489. The quantitative estimate of drug-likeness (QED) is 0.597. The van der Waals surface area contributed by atoms with Crippen molar-refractivity contribution in [2.75, 3.05) is 23.3 Å². The molecule has 194 valence electrons. The predicted molar refractivity (Wildman–Crippen MR) is 136 cm³/mol. The molecule has 1 atom stereocenters. The van der Waals surface area contributed by atoms with Crippen LogP contribution in [0.2, 0.25) is 0 Å². The van der Waals surface area contributed by atoms with Crippen LogP contribution in [0.1, 0.15) is 65.8 Å². The lowest BCUT2D eigenvalue weighted by molar-refractivity contribution is 0.0182. The van der Waals surface area contributed by atoms with E-state index in [1.807, 2.05) is 39.8 Å². The minimum absolute atomic E-state index is 0.0768. The summed E-state index contributed by atoms with van der Waals surface area (Å²) in [5.74, 6) is 0.412. The molecule has 1 N–H and O–H groups in total. The van der Waals surface area contributed by atoms with Crippen LogP contribution in [0.4, 0.5) is 26.2 Å². The van der Waals surface area contributed by atoms with Crippen molar-refractivity contribution in [3.8, 4) is 6.07 Å². The highest BCUT2D eigenvalue weighted by Crippen LogP contribution is 2.28. The Morgan fingerprint density at radius 2 is 1.92 bits per heavy atom. The number of piperidine rings is 1. The summed E-state index contributed by atoms with van der Waals surface area (Å²) in [7, 11) is 0. The molecule has 3 heterocycles. The summed E-state index contributed by atoms with van der Waals surface area (Å²) in [4.78, 5) is 38.0. The smallest absolute Gasteiger partial charge is 0.416 e. The number of anilines is 3. The molecule has 0 aliphatic carbocycles. The van der Waals surface area contributed by atoms with Crippen molar-refractivity contribution in [3.63, 3.8) is 0 Å². The minimum atomic E-state index is -0.754. The van der Waals surface area contributed by atoms with Gasteiger partial charge in [0.1, 0.15) is 22.3 Å². The van der Waals surface area contributed by atoms with Crippen molar-refractivity contribution < 1.29 is 19.1 Å². The molecule has 0 saturated carbocycles. The number of amides is 2. The first-order chi connectivity index (χ1) is 16.8. The number of nitriles is 1. The van der Waals surface area contributed by atoms with Crippen LogP contribution in [0.15, 0.2) is 12.3 Å². The highest BCUT2D eigenvalue weighted by atomic mass is 32.1. The van der Waals surface area contributed by atoms with E-state index in [0.717, 1.165) is 5.69 Å². The maximum absolute atomic E-state index is 13.4. The fourth-order valence-electron chi connectivity index (χ4n) is 3.60. The first kappa shape index (κ1) is 27.1. The molecule has 0 radical (unpaired) electrons. The maximum Gasteiger partial charge on any atom is 0.416 e. The van der Waals surface area contributed by atoms with Crippen LogP contribution < -0.4 is 10.2 Å². The van der Waals surface area contributed by atoms with Gasteiger partial charge in [-0.2, -0.15) is 9.64 Å². The molecule has 1 saturated heterocycles. The van der Waals surface area contributed by atoms with E-state index in [2.05, 4.69) is 19.7 Å². The number of aromatic nitrogens is 3. The van der Waals surface area contributed by atoms with E-state index in [4.69, 9.17) is 9.47 Å². The van der Waals surface area contributed by atoms with E-state index < -0.39 is 29.4 Å². The van der Waals surface area contributed by atoms with E-state index >= 15 is 0 Å². The number of carbonyl (C=O) groups excluding carboxylic acids is 2. The summed E-state index contributed by atoms with van der Waals surface area (Å²) in [6.45, 7) is 13.4. The van der Waals surface area contributed by atoms with Crippen molar-refractivity contribution in [3.05, 3.63) is 23.7 Å². The van der Waals surface area contributed by atoms with Crippen molar-refractivity contribution >= 4 is 40.4 Å². The molecule has 0 bridgehead atoms. The second-order valence-corrected chi connectivity index (χ2v) is 11.4. The second-order valence-electron chi connectivity index (χ2n) is 10.6. The number of rotatable bonds is 4. The van der Waals surface area contributed by atoms with Crippen LogP contribution >= 0.6 is 11.5 Å². The van der Waals surface area contributed by atoms with E-state index in [1.54, 1.807) is 25.7 Å². The monoisotopic (exact) mass is 515 g/mol. The summed E-state index contributed by atoms with van der Waals surface area (Å²) in [6, 6.07) is 3.42. The van der Waals surface area contributed by atoms with Crippen LogP contribution in [0.3, 0.4) is 0 Å². The number of nitrogens with zero attached hydrogens (tertiary/aromatic N) is 6. The number of carbonyl (C=O) groups is 2. The molecule has 1 aliphatic rings. The number of aryl methyl sites for hydroxylation is 1. The van der Waals surface area contributed by atoms with E-state index in [9.17, 15) is 14.9 Å². The summed E-state index contributed by atoms with van der Waals surface area (Å²) in [6.07, 6.45) is 1.61. The summed E-state index contributed by atoms with van der Waals surface area (Å²) >= 11 is 1.23. The Bertz CT molecular complexity index is 1150. The Morgan fingerprint density at radius 1 is 1.22 bits per heavy atom. The van der Waals surface area contributed by atoms with Crippen molar-refractivity contribution in [2.24, 2.45) is 0 Å². The van der Waals surface area contributed by atoms with Gasteiger partial charge in [0, 0.05) is 13.1 Å². The lowest BCUT2D eigenvalue weighted by Crippen LogP contribution is -2.54. The molecule has 1 aliphatic heterocycles. The van der Waals surface area contributed by atoms with Gasteiger partial charge in [0.25, 0.3) is 0 Å². The van der Waals surface area contributed by atoms with Gasteiger partial charge in [0.15, 0.2) is 17.3 Å². The van der Waals surface area contributed by atoms with Crippen molar-refractivity contribution in [2.45, 2.75) is 78.6 Å². The average molecular weight is 516 g/mol. The Hall–Kier alpha value is -3.46. The van der Waals surface area contributed by atoms with Crippen molar-refractivity contribution in [1.29, 1.82) is 5.26 Å². The SMILES string of the molecule is Cc1cc(Nc2nc(N(C(=O)OC(C)(C)C)[C@@H]3CCCN(C(=O)OC(C)(C)C)C3)cnc2C#N)sn1. The molecule has 3 rings (SSSR count). The van der Waals surface area contributed by atoms with Gasteiger partial charge < -0.3 is 19.7 Å². The molecule has 1 fully saturated rings. The number of hydrogen-bond donors (Lipinski definition) is 1. The molecular formula is C24H33N7O4S. The third kappa shape index (κ3) is 7.27. The van der Waals surface area contributed by atoms with Gasteiger partial charge in [-0.3, -0.25) is 4.90 Å². The van der Waals surface area contributed by atoms with Gasteiger partial charge in [-0.25, -0.2) is 19.6 Å². The van der Waals surface area contributed by atoms with Crippen LogP contribution in [0.25, 0.3) is 0 Å². The van der Waals surface area contributed by atoms with Crippen LogP contribution in [-0.4, -0.2) is 61.8 Å². The lowest BCUT2D eigenvalue weighted by Gasteiger charge is -2.39. The maximum atomic E-state index is 13.4. The van der Waals surface area contributed by atoms with Gasteiger partial charge in [0.05, 0.1) is 17.9 Å². The molecule has 0 aromatic carbocycles. The van der Waals surface area contributed by atoms with E-state index in [1.165, 1.54) is 22.6 Å². The zero-order chi connectivity index (χ0) is 26.7. The van der Waals surface area contributed by atoms with Crippen LogP contribution in [0.5, 0.6) is 0 Å². The number of nitrogens with one attached hydrogen (secondary N) is 1. The number of hydrogen-bond acceptors (Lipinski definition) is 10. The molecule has 2 aromatic heterocycles. The zero-order valence-corrected chi connectivity index (χ0v) is 22.6. The minimum Gasteiger partial charge on any atom is -0.444 e. The second kappa shape index (κ2) is 10.7.